The number of nitrogens with zero attached hydrogens (tertiary/aromatic N) is 2. The van der Waals surface area contributed by atoms with Crippen LogP contribution in [-0.2, 0) is 25.4 Å². The first-order valence-electron chi connectivity index (χ1n) is 12.4. The first-order valence-corrected chi connectivity index (χ1v) is 12.4. The highest BCUT2D eigenvalue weighted by atomic mass is 19.4. The number of aromatic nitrogens is 2. The van der Waals surface area contributed by atoms with Crippen LogP contribution in [0.1, 0.15) is 59.4 Å². The van der Waals surface area contributed by atoms with Crippen LogP contribution in [0.5, 0.6) is 0 Å². The Hall–Kier alpha value is -3.87. The summed E-state index contributed by atoms with van der Waals surface area (Å²) in [4.78, 5) is 17.3. The number of hydrogen-bond donors (Lipinski definition) is 1. The zero-order valence-corrected chi connectivity index (χ0v) is 21.0. The number of aryl methyl sites for hydroxylation is 4. The topological polar surface area (TPSA) is 46.9 Å². The molecule has 194 valence electrons. The molecule has 2 heterocycles. The van der Waals surface area contributed by atoms with Crippen LogP contribution >= 0.6 is 0 Å². The highest BCUT2D eigenvalue weighted by Gasteiger charge is 2.31. The van der Waals surface area contributed by atoms with Crippen molar-refractivity contribution in [2.75, 3.05) is 5.32 Å². The van der Waals surface area contributed by atoms with Crippen LogP contribution in [0, 0.1) is 6.92 Å². The second kappa shape index (κ2) is 11.5. The van der Waals surface area contributed by atoms with E-state index in [1.807, 2.05) is 43.5 Å². The number of benzene rings is 2. The summed E-state index contributed by atoms with van der Waals surface area (Å²) in [6.45, 7) is 3.97. The van der Waals surface area contributed by atoms with Crippen LogP contribution in [0.15, 0.2) is 79.4 Å². The van der Waals surface area contributed by atoms with Gasteiger partial charge in [-0.2, -0.15) is 13.2 Å². The summed E-state index contributed by atoms with van der Waals surface area (Å²) >= 11 is 0. The fourth-order valence-corrected chi connectivity index (χ4v) is 4.41. The molecule has 0 radical (unpaired) electrons. The van der Waals surface area contributed by atoms with Gasteiger partial charge in [-0.3, -0.25) is 9.78 Å². The second-order valence-electron chi connectivity index (χ2n) is 9.26. The fourth-order valence-electron chi connectivity index (χ4n) is 4.41. The Morgan fingerprint density at radius 2 is 1.86 bits per heavy atom. The molecule has 7 heteroatoms. The summed E-state index contributed by atoms with van der Waals surface area (Å²) in [6, 6.07) is 14.9. The maximum absolute atomic E-state index is 13.6. The normalized spacial score (nSPS) is 11.5. The molecule has 0 saturated carbocycles. The van der Waals surface area contributed by atoms with Crippen molar-refractivity contribution >= 4 is 11.6 Å². The van der Waals surface area contributed by atoms with E-state index >= 15 is 0 Å². The Balaban J connectivity index is 0.00000400. The van der Waals surface area contributed by atoms with Gasteiger partial charge in [0.25, 0.3) is 5.91 Å². The highest BCUT2D eigenvalue weighted by molar-refractivity contribution is 6.04. The van der Waals surface area contributed by atoms with E-state index in [1.165, 1.54) is 5.56 Å². The Kier molecular flexibility index (Phi) is 8.11. The molecule has 0 atom stereocenters. The smallest absolute Gasteiger partial charge is 0.324 e. The Morgan fingerprint density at radius 3 is 2.54 bits per heavy atom. The third kappa shape index (κ3) is 6.88. The van der Waals surface area contributed by atoms with Gasteiger partial charge in [0.05, 0.1) is 5.56 Å². The minimum absolute atomic E-state index is 0. The monoisotopic (exact) mass is 507 g/mol. The molecule has 1 N–H and O–H groups in total. The first kappa shape index (κ1) is 26.2. The van der Waals surface area contributed by atoms with E-state index in [0.29, 0.717) is 11.3 Å². The summed E-state index contributed by atoms with van der Waals surface area (Å²) in [6.07, 6.45) is 6.96. The molecule has 2 aromatic heterocycles. The minimum atomic E-state index is -4.54. The molecular formula is C30H32F3N3O. The van der Waals surface area contributed by atoms with E-state index in [0.717, 1.165) is 60.9 Å². The highest BCUT2D eigenvalue weighted by Crippen LogP contribution is 2.33. The van der Waals surface area contributed by atoms with Gasteiger partial charge in [0.2, 0.25) is 0 Å². The molecule has 2 aromatic carbocycles. The van der Waals surface area contributed by atoms with Gasteiger partial charge in [0.15, 0.2) is 0 Å². The number of amides is 1. The van der Waals surface area contributed by atoms with Gasteiger partial charge in [0, 0.05) is 43.2 Å². The molecule has 0 aliphatic heterocycles. The van der Waals surface area contributed by atoms with Crippen molar-refractivity contribution in [3.8, 4) is 5.69 Å². The lowest BCUT2D eigenvalue weighted by molar-refractivity contribution is -0.137. The van der Waals surface area contributed by atoms with Gasteiger partial charge < -0.3 is 9.88 Å². The molecule has 0 spiro atoms. The number of anilines is 1. The van der Waals surface area contributed by atoms with E-state index in [4.69, 9.17) is 0 Å². The number of hydrogen-bond acceptors (Lipinski definition) is 2. The van der Waals surface area contributed by atoms with Gasteiger partial charge >= 0.3 is 6.18 Å². The van der Waals surface area contributed by atoms with E-state index in [1.54, 1.807) is 35.3 Å². The van der Waals surface area contributed by atoms with E-state index in [-0.39, 0.29) is 7.11 Å². The maximum atomic E-state index is 13.6. The van der Waals surface area contributed by atoms with Crippen LogP contribution in [0.3, 0.4) is 0 Å². The lowest BCUT2D eigenvalue weighted by Gasteiger charge is -2.15. The van der Waals surface area contributed by atoms with Crippen LogP contribution in [0.25, 0.3) is 5.69 Å². The van der Waals surface area contributed by atoms with Crippen molar-refractivity contribution in [2.45, 2.75) is 52.1 Å². The lowest BCUT2D eigenvalue weighted by Crippen LogP contribution is -2.15. The van der Waals surface area contributed by atoms with Crippen LogP contribution in [0.2, 0.25) is 0 Å². The first-order chi connectivity index (χ1) is 17.7. The molecule has 1 amide bonds. The average molecular weight is 508 g/mol. The molecule has 0 bridgehead atoms. The number of pyridine rings is 1. The zero-order valence-electron chi connectivity index (χ0n) is 21.0. The van der Waals surface area contributed by atoms with Gasteiger partial charge in [0.1, 0.15) is 0 Å². The number of halogens is 3. The van der Waals surface area contributed by atoms with Crippen molar-refractivity contribution in [1.82, 2.24) is 9.55 Å². The van der Waals surface area contributed by atoms with Crippen LogP contribution < -0.4 is 5.32 Å². The third-order valence-electron chi connectivity index (χ3n) is 6.26. The summed E-state index contributed by atoms with van der Waals surface area (Å²) in [7, 11) is 0. The summed E-state index contributed by atoms with van der Waals surface area (Å²) in [5.74, 6) is -0.439. The SMILES string of the molecule is CCCc1ccc(C(=O)Nc2cc(-n3ccc(C)c3)cc(C(F)(F)F)c2)cc1CCCc1cccnc1.[HH]. The Labute approximate surface area is 216 Å². The quantitative estimate of drug-likeness (QED) is 0.251. The number of carbonyl (C=O) groups excluding carboxylic acids is 1. The average Bonchev–Trinajstić information content (AvgIpc) is 3.31. The second-order valence-corrected chi connectivity index (χ2v) is 9.26. The molecule has 0 unspecified atom stereocenters. The van der Waals surface area contributed by atoms with Gasteiger partial charge in [-0.15, -0.1) is 0 Å². The van der Waals surface area contributed by atoms with Crippen molar-refractivity contribution in [3.63, 3.8) is 0 Å². The van der Waals surface area contributed by atoms with Crippen molar-refractivity contribution in [3.05, 3.63) is 113 Å². The lowest BCUT2D eigenvalue weighted by atomic mass is 9.95. The largest absolute Gasteiger partial charge is 0.416 e. The number of alkyl halides is 3. The molecular weight excluding hydrogens is 475 g/mol. The van der Waals surface area contributed by atoms with Gasteiger partial charge in [-0.05, 0) is 97.3 Å². The molecule has 4 nitrogen and oxygen atoms in total. The fraction of sp³-hybridized carbons (Fsp3) is 0.267. The number of nitrogens with one attached hydrogen (secondary N) is 1. The summed E-state index contributed by atoms with van der Waals surface area (Å²) < 4.78 is 42.5. The van der Waals surface area contributed by atoms with Crippen molar-refractivity contribution in [1.29, 1.82) is 0 Å². The van der Waals surface area contributed by atoms with Crippen LogP contribution in [-0.4, -0.2) is 15.5 Å². The Bertz CT molecular complexity index is 1370. The van der Waals surface area contributed by atoms with Crippen molar-refractivity contribution in [2.24, 2.45) is 0 Å². The Morgan fingerprint density at radius 1 is 1.03 bits per heavy atom. The molecule has 0 fully saturated rings. The molecule has 0 saturated heterocycles. The minimum Gasteiger partial charge on any atom is -0.324 e. The third-order valence-corrected chi connectivity index (χ3v) is 6.26. The van der Waals surface area contributed by atoms with E-state index < -0.39 is 17.6 Å². The molecule has 4 aromatic rings. The van der Waals surface area contributed by atoms with Crippen LogP contribution in [0.4, 0.5) is 18.9 Å². The molecule has 37 heavy (non-hydrogen) atoms. The summed E-state index contributed by atoms with van der Waals surface area (Å²) in [5, 5.41) is 2.69. The zero-order chi connectivity index (χ0) is 26.4. The van der Waals surface area contributed by atoms with Crippen molar-refractivity contribution < 1.29 is 19.4 Å². The van der Waals surface area contributed by atoms with E-state index in [2.05, 4.69) is 17.2 Å². The summed E-state index contributed by atoms with van der Waals surface area (Å²) in [5.41, 5.74) is 4.39. The predicted molar refractivity (Wildman–Crippen MR) is 142 cm³/mol. The molecule has 0 aliphatic rings. The maximum Gasteiger partial charge on any atom is 0.416 e. The molecule has 4 rings (SSSR count). The standard InChI is InChI=1S/C30H30F3N3O.H2/c1-3-6-23-10-11-25(15-24(23)9-4-7-22-8-5-13-34-19-22)29(37)35-27-16-26(30(31,32)33)17-28(18-27)36-14-12-21(2)20-36;/h5,8,10-20H,3-4,6-7,9H2,1-2H3,(H,35,37);1H. The van der Waals surface area contributed by atoms with Gasteiger partial charge in [-0.25, -0.2) is 0 Å². The van der Waals surface area contributed by atoms with E-state index in [9.17, 15) is 18.0 Å². The predicted octanol–water partition coefficient (Wildman–Crippen LogP) is 7.83. The van der Waals surface area contributed by atoms with Gasteiger partial charge in [-0.1, -0.05) is 25.5 Å². The number of carbonyl (C=O) groups is 1. The number of rotatable bonds is 9. The molecule has 0 aliphatic carbocycles.